The van der Waals surface area contributed by atoms with Crippen LogP contribution in [0, 0.1) is 34.6 Å². The van der Waals surface area contributed by atoms with Crippen LogP contribution in [-0.2, 0) is 14.8 Å². The van der Waals surface area contributed by atoms with Crippen molar-refractivity contribution in [2.45, 2.75) is 39.5 Å². The first kappa shape index (κ1) is 22.6. The predicted octanol–water partition coefficient (Wildman–Crippen LogP) is 2.51. The SMILES string of the molecule is CNS(=O)(=O)c1cc(C(=O)NCC(=O)Nc2c(C)cc(C)cc2C)cc(C)c1C. The standard InChI is InChI=1S/C21H27N3O4S/c1-12-7-14(3)20(15(4)8-12)24-19(25)11-23-21(26)17-9-13(2)16(5)18(10-17)29(27,28)22-6/h7-10,22H,11H2,1-6H3,(H,23,26)(H,24,25). The Morgan fingerprint density at radius 2 is 1.48 bits per heavy atom. The molecule has 2 rings (SSSR count). The molecule has 0 bridgehead atoms. The summed E-state index contributed by atoms with van der Waals surface area (Å²) >= 11 is 0. The van der Waals surface area contributed by atoms with E-state index in [1.807, 2.05) is 32.9 Å². The quantitative estimate of drug-likeness (QED) is 0.672. The summed E-state index contributed by atoms with van der Waals surface area (Å²) < 4.78 is 26.7. The number of sulfonamides is 1. The van der Waals surface area contributed by atoms with Gasteiger partial charge in [0, 0.05) is 11.3 Å². The number of nitrogens with one attached hydrogen (secondary N) is 3. The van der Waals surface area contributed by atoms with Crippen LogP contribution in [0.15, 0.2) is 29.2 Å². The lowest BCUT2D eigenvalue weighted by Crippen LogP contribution is -2.33. The van der Waals surface area contributed by atoms with Crippen LogP contribution < -0.4 is 15.4 Å². The van der Waals surface area contributed by atoms with E-state index in [0.717, 1.165) is 22.4 Å². The first-order valence-electron chi connectivity index (χ1n) is 9.17. The summed E-state index contributed by atoms with van der Waals surface area (Å²) in [7, 11) is -2.39. The van der Waals surface area contributed by atoms with E-state index in [-0.39, 0.29) is 22.9 Å². The molecule has 29 heavy (non-hydrogen) atoms. The van der Waals surface area contributed by atoms with Crippen molar-refractivity contribution < 1.29 is 18.0 Å². The van der Waals surface area contributed by atoms with Gasteiger partial charge in [-0.25, -0.2) is 13.1 Å². The fraction of sp³-hybridized carbons (Fsp3) is 0.333. The van der Waals surface area contributed by atoms with E-state index in [2.05, 4.69) is 15.4 Å². The monoisotopic (exact) mass is 417 g/mol. The third-order valence-electron chi connectivity index (χ3n) is 4.79. The van der Waals surface area contributed by atoms with Gasteiger partial charge in [0.25, 0.3) is 5.91 Å². The minimum atomic E-state index is -3.70. The van der Waals surface area contributed by atoms with E-state index in [4.69, 9.17) is 0 Å². The van der Waals surface area contributed by atoms with Gasteiger partial charge in [-0.1, -0.05) is 17.7 Å². The van der Waals surface area contributed by atoms with Crippen molar-refractivity contribution in [3.8, 4) is 0 Å². The van der Waals surface area contributed by atoms with Crippen LogP contribution in [0.2, 0.25) is 0 Å². The van der Waals surface area contributed by atoms with Crippen LogP contribution in [0.5, 0.6) is 0 Å². The molecule has 0 aromatic heterocycles. The molecule has 0 heterocycles. The second-order valence-corrected chi connectivity index (χ2v) is 8.98. The minimum absolute atomic E-state index is 0.0421. The van der Waals surface area contributed by atoms with Crippen molar-refractivity contribution in [2.75, 3.05) is 18.9 Å². The number of benzene rings is 2. The Hall–Kier alpha value is -2.71. The van der Waals surface area contributed by atoms with Crippen LogP contribution in [0.1, 0.15) is 38.2 Å². The molecule has 2 amide bonds. The van der Waals surface area contributed by atoms with Gasteiger partial charge in [0.2, 0.25) is 15.9 Å². The van der Waals surface area contributed by atoms with E-state index >= 15 is 0 Å². The third-order valence-corrected chi connectivity index (χ3v) is 6.33. The Bertz CT molecular complexity index is 1050. The zero-order valence-corrected chi connectivity index (χ0v) is 18.4. The first-order chi connectivity index (χ1) is 13.5. The van der Waals surface area contributed by atoms with Crippen LogP contribution in [0.25, 0.3) is 0 Å². The largest absolute Gasteiger partial charge is 0.343 e. The summed E-state index contributed by atoms with van der Waals surface area (Å²) in [4.78, 5) is 24.8. The molecule has 156 valence electrons. The summed E-state index contributed by atoms with van der Waals surface area (Å²) in [5.74, 6) is -0.881. The highest BCUT2D eigenvalue weighted by molar-refractivity contribution is 7.89. The molecule has 0 atom stereocenters. The molecule has 0 spiro atoms. The van der Waals surface area contributed by atoms with Gasteiger partial charge in [-0.2, -0.15) is 0 Å². The van der Waals surface area contributed by atoms with Gasteiger partial charge < -0.3 is 10.6 Å². The lowest BCUT2D eigenvalue weighted by Gasteiger charge is -2.14. The van der Waals surface area contributed by atoms with Gasteiger partial charge in [-0.05, 0) is 76.1 Å². The summed E-state index contributed by atoms with van der Waals surface area (Å²) in [5, 5.41) is 5.36. The molecule has 8 heteroatoms. The van der Waals surface area contributed by atoms with Crippen LogP contribution in [0.4, 0.5) is 5.69 Å². The molecular weight excluding hydrogens is 390 g/mol. The Labute approximate surface area is 172 Å². The van der Waals surface area contributed by atoms with Crippen LogP contribution >= 0.6 is 0 Å². The lowest BCUT2D eigenvalue weighted by atomic mass is 10.1. The third kappa shape index (κ3) is 5.21. The molecule has 0 aliphatic heterocycles. The van der Waals surface area contributed by atoms with E-state index in [1.165, 1.54) is 13.1 Å². The van der Waals surface area contributed by atoms with Crippen molar-refractivity contribution in [3.05, 3.63) is 57.6 Å². The van der Waals surface area contributed by atoms with E-state index in [9.17, 15) is 18.0 Å². The van der Waals surface area contributed by atoms with Crippen molar-refractivity contribution in [2.24, 2.45) is 0 Å². The average molecular weight is 418 g/mol. The Kier molecular flexibility index (Phi) is 6.81. The number of amides is 2. The maximum atomic E-state index is 12.5. The van der Waals surface area contributed by atoms with Crippen molar-refractivity contribution in [1.82, 2.24) is 10.0 Å². The molecule has 0 aliphatic rings. The molecule has 0 aliphatic carbocycles. The topological polar surface area (TPSA) is 104 Å². The second kappa shape index (κ2) is 8.75. The van der Waals surface area contributed by atoms with E-state index in [1.54, 1.807) is 19.9 Å². The van der Waals surface area contributed by atoms with E-state index < -0.39 is 15.9 Å². The smallest absolute Gasteiger partial charge is 0.251 e. The average Bonchev–Trinajstić information content (AvgIpc) is 2.64. The van der Waals surface area contributed by atoms with Gasteiger partial charge in [-0.3, -0.25) is 9.59 Å². The molecule has 0 radical (unpaired) electrons. The summed E-state index contributed by atoms with van der Waals surface area (Å²) in [6.45, 7) is 8.99. The molecule has 7 nitrogen and oxygen atoms in total. The molecule has 0 saturated carbocycles. The van der Waals surface area contributed by atoms with Gasteiger partial charge in [-0.15, -0.1) is 0 Å². The molecule has 3 N–H and O–H groups in total. The summed E-state index contributed by atoms with van der Waals surface area (Å²) in [6, 6.07) is 6.86. The van der Waals surface area contributed by atoms with Crippen molar-refractivity contribution in [3.63, 3.8) is 0 Å². The molecule has 0 fully saturated rings. The number of hydrogen-bond donors (Lipinski definition) is 3. The Morgan fingerprint density at radius 1 is 0.897 bits per heavy atom. The minimum Gasteiger partial charge on any atom is -0.343 e. The lowest BCUT2D eigenvalue weighted by molar-refractivity contribution is -0.115. The summed E-state index contributed by atoms with van der Waals surface area (Å²) in [6.07, 6.45) is 0. The van der Waals surface area contributed by atoms with Gasteiger partial charge in [0.15, 0.2) is 0 Å². The number of anilines is 1. The zero-order valence-electron chi connectivity index (χ0n) is 17.6. The number of carbonyl (C=O) groups is 2. The van der Waals surface area contributed by atoms with Crippen molar-refractivity contribution in [1.29, 1.82) is 0 Å². The van der Waals surface area contributed by atoms with Gasteiger partial charge >= 0.3 is 0 Å². The van der Waals surface area contributed by atoms with Gasteiger partial charge in [0.1, 0.15) is 0 Å². The van der Waals surface area contributed by atoms with Gasteiger partial charge in [0.05, 0.1) is 11.4 Å². The maximum absolute atomic E-state index is 12.5. The number of carbonyl (C=O) groups excluding carboxylic acids is 2. The van der Waals surface area contributed by atoms with Crippen molar-refractivity contribution >= 4 is 27.5 Å². The second-order valence-electron chi connectivity index (χ2n) is 7.13. The normalized spacial score (nSPS) is 11.2. The van der Waals surface area contributed by atoms with Crippen LogP contribution in [0.3, 0.4) is 0 Å². The molecule has 0 unspecified atom stereocenters. The molecular formula is C21H27N3O4S. The molecule has 2 aromatic carbocycles. The highest BCUT2D eigenvalue weighted by atomic mass is 32.2. The highest BCUT2D eigenvalue weighted by Crippen LogP contribution is 2.22. The Morgan fingerprint density at radius 3 is 2.03 bits per heavy atom. The highest BCUT2D eigenvalue weighted by Gasteiger charge is 2.20. The fourth-order valence-electron chi connectivity index (χ4n) is 3.17. The predicted molar refractivity (Wildman–Crippen MR) is 114 cm³/mol. The number of aryl methyl sites for hydroxylation is 4. The molecule has 2 aromatic rings. The number of hydrogen-bond acceptors (Lipinski definition) is 4. The van der Waals surface area contributed by atoms with Crippen LogP contribution in [-0.4, -0.2) is 33.8 Å². The summed E-state index contributed by atoms with van der Waals surface area (Å²) in [5.41, 5.74) is 5.13. The fourth-order valence-corrected chi connectivity index (χ4v) is 4.24. The Balaban J connectivity index is 2.15. The maximum Gasteiger partial charge on any atom is 0.251 e. The zero-order chi connectivity index (χ0) is 21.9. The van der Waals surface area contributed by atoms with E-state index in [0.29, 0.717) is 11.1 Å². The number of rotatable bonds is 6. The molecule has 0 saturated heterocycles. The first-order valence-corrected chi connectivity index (χ1v) is 10.6.